The summed E-state index contributed by atoms with van der Waals surface area (Å²) in [5.74, 6) is 0. The highest BCUT2D eigenvalue weighted by molar-refractivity contribution is 8.07. The van der Waals surface area contributed by atoms with E-state index in [1.807, 2.05) is 86.6 Å². The molecule has 0 aliphatic carbocycles. The quantitative estimate of drug-likeness (QED) is 0.580. The van der Waals surface area contributed by atoms with Gasteiger partial charge in [-0.05, 0) is 54.0 Å². The van der Waals surface area contributed by atoms with E-state index >= 15 is 0 Å². The van der Waals surface area contributed by atoms with Crippen LogP contribution in [0.5, 0.6) is 0 Å². The number of benzene rings is 3. The Kier molecular flexibility index (Phi) is 5.81. The summed E-state index contributed by atoms with van der Waals surface area (Å²) in [6.07, 6.45) is 0. The summed E-state index contributed by atoms with van der Waals surface area (Å²) < 4.78 is 28.4. The third-order valence-corrected chi connectivity index (χ3v) is 8.78. The van der Waals surface area contributed by atoms with Crippen LogP contribution in [0.2, 0.25) is 0 Å². The zero-order valence-corrected chi connectivity index (χ0v) is 16.5. The summed E-state index contributed by atoms with van der Waals surface area (Å²) in [4.78, 5) is 2.29. The fraction of sp³-hybridized carbons (Fsp3) is 0.143. The molecule has 0 aliphatic rings. The lowest BCUT2D eigenvalue weighted by molar-refractivity contribution is 0.546. The molecule has 0 saturated carbocycles. The Hall–Kier alpha value is -2.08. The van der Waals surface area contributed by atoms with Crippen molar-refractivity contribution in [2.45, 2.75) is 28.5 Å². The molecule has 0 fully saturated rings. The molecule has 0 aromatic heterocycles. The van der Waals surface area contributed by atoms with Crippen LogP contribution in [0.4, 0.5) is 0 Å². The summed E-state index contributed by atoms with van der Waals surface area (Å²) in [7, 11) is -3.62. The molecule has 0 amide bonds. The molecular formula is C21H22NO2S2+. The molecule has 5 heteroatoms. The Bertz CT molecular complexity index is 901. The monoisotopic (exact) mass is 384 g/mol. The van der Waals surface area contributed by atoms with E-state index in [9.17, 15) is 8.42 Å². The van der Waals surface area contributed by atoms with Crippen LogP contribution in [0.25, 0.3) is 0 Å². The van der Waals surface area contributed by atoms with Gasteiger partial charge >= 0.3 is 0 Å². The van der Waals surface area contributed by atoms with Crippen molar-refractivity contribution < 1.29 is 8.42 Å². The van der Waals surface area contributed by atoms with Gasteiger partial charge in [0, 0.05) is 0 Å². The summed E-state index contributed by atoms with van der Waals surface area (Å²) in [5, 5.41) is 0. The van der Waals surface area contributed by atoms with Gasteiger partial charge in [-0.25, -0.2) is 8.42 Å². The first kappa shape index (κ1) is 18.7. The zero-order valence-electron chi connectivity index (χ0n) is 14.9. The first-order valence-electron chi connectivity index (χ1n) is 8.48. The second-order valence-electron chi connectivity index (χ2n) is 5.85. The number of nitrogens with zero attached hydrogens (tertiary/aromatic N) is 1. The van der Waals surface area contributed by atoms with Crippen molar-refractivity contribution in [2.75, 3.05) is 6.54 Å². The SMILES string of the molecule is CCN([S+](c1ccccc1)c1ccccc1)S(=O)(=O)c1ccc(C)cc1. The fourth-order valence-corrected chi connectivity index (χ4v) is 7.14. The number of sulfonamides is 1. The molecule has 3 aromatic carbocycles. The van der Waals surface area contributed by atoms with Gasteiger partial charge in [0.1, 0.15) is 0 Å². The molecule has 0 bridgehead atoms. The fourth-order valence-electron chi connectivity index (χ4n) is 2.70. The highest BCUT2D eigenvalue weighted by atomic mass is 32.3. The summed E-state index contributed by atoms with van der Waals surface area (Å²) in [5.41, 5.74) is 1.04. The average molecular weight is 385 g/mol. The maximum Gasteiger partial charge on any atom is 0.282 e. The first-order chi connectivity index (χ1) is 12.5. The van der Waals surface area contributed by atoms with Gasteiger partial charge in [0.15, 0.2) is 20.9 Å². The molecule has 0 aliphatic heterocycles. The van der Waals surface area contributed by atoms with Crippen molar-refractivity contribution in [3.05, 3.63) is 90.5 Å². The van der Waals surface area contributed by atoms with Crippen LogP contribution in [-0.2, 0) is 21.1 Å². The van der Waals surface area contributed by atoms with Crippen LogP contribution in [0.1, 0.15) is 12.5 Å². The van der Waals surface area contributed by atoms with Crippen LogP contribution in [-0.4, -0.2) is 18.7 Å². The predicted octanol–water partition coefficient (Wildman–Crippen LogP) is 4.66. The molecule has 0 atom stereocenters. The van der Waals surface area contributed by atoms with Crippen LogP contribution in [0.3, 0.4) is 0 Å². The van der Waals surface area contributed by atoms with E-state index in [1.54, 1.807) is 15.8 Å². The van der Waals surface area contributed by atoms with Crippen molar-refractivity contribution in [2.24, 2.45) is 0 Å². The van der Waals surface area contributed by atoms with Gasteiger partial charge in [-0.3, -0.25) is 0 Å². The minimum absolute atomic E-state index is 0.328. The van der Waals surface area contributed by atoms with Crippen LogP contribution in [0.15, 0.2) is 99.6 Å². The van der Waals surface area contributed by atoms with E-state index in [-0.39, 0.29) is 0 Å². The Morgan fingerprint density at radius 3 is 1.65 bits per heavy atom. The van der Waals surface area contributed by atoms with Gasteiger partial charge < -0.3 is 0 Å². The van der Waals surface area contributed by atoms with E-state index in [0.29, 0.717) is 11.4 Å². The standard InChI is InChI=1S/C21H22NO2S2/c1-3-22(26(23,24)21-16-14-18(2)15-17-21)25(19-10-6-4-7-11-19)20-12-8-5-9-13-20/h4-17H,3H2,1-2H3/q+1. The molecule has 3 nitrogen and oxygen atoms in total. The zero-order chi connectivity index (χ0) is 18.6. The minimum atomic E-state index is -3.62. The van der Waals surface area contributed by atoms with E-state index < -0.39 is 21.1 Å². The van der Waals surface area contributed by atoms with Crippen molar-refractivity contribution in [3.63, 3.8) is 0 Å². The molecule has 0 unspecified atom stereocenters. The Labute approximate surface area is 158 Å². The largest absolute Gasteiger partial charge is 0.282 e. The molecule has 0 saturated heterocycles. The molecule has 26 heavy (non-hydrogen) atoms. The smallest absolute Gasteiger partial charge is 0.203 e. The first-order valence-corrected chi connectivity index (χ1v) is 11.1. The molecule has 3 rings (SSSR count). The maximum absolute atomic E-state index is 13.4. The third kappa shape index (κ3) is 3.85. The Balaban J connectivity index is 2.13. The third-order valence-electron chi connectivity index (χ3n) is 3.98. The lowest BCUT2D eigenvalue weighted by Gasteiger charge is -2.20. The van der Waals surface area contributed by atoms with Gasteiger partial charge in [0.05, 0.1) is 11.4 Å². The second kappa shape index (κ2) is 8.08. The Morgan fingerprint density at radius 1 is 0.769 bits per heavy atom. The van der Waals surface area contributed by atoms with E-state index in [1.165, 1.54) is 0 Å². The molecule has 0 heterocycles. The predicted molar refractivity (Wildman–Crippen MR) is 108 cm³/mol. The summed E-state index contributed by atoms with van der Waals surface area (Å²) in [6.45, 7) is 4.23. The molecule has 134 valence electrons. The molecule has 0 spiro atoms. The van der Waals surface area contributed by atoms with Gasteiger partial charge in [-0.2, -0.15) is 0 Å². The van der Waals surface area contributed by atoms with Crippen molar-refractivity contribution in [1.82, 2.24) is 3.71 Å². The highest BCUT2D eigenvalue weighted by Crippen LogP contribution is 2.31. The van der Waals surface area contributed by atoms with Crippen LogP contribution in [0, 0.1) is 6.92 Å². The minimum Gasteiger partial charge on any atom is -0.203 e. The van der Waals surface area contributed by atoms with E-state index in [0.717, 1.165) is 15.4 Å². The van der Waals surface area contributed by atoms with Gasteiger partial charge in [0.2, 0.25) is 0 Å². The van der Waals surface area contributed by atoms with Gasteiger partial charge in [-0.1, -0.05) is 54.1 Å². The average Bonchev–Trinajstić information content (AvgIpc) is 2.67. The van der Waals surface area contributed by atoms with E-state index in [2.05, 4.69) is 0 Å². The van der Waals surface area contributed by atoms with Gasteiger partial charge in [0.25, 0.3) is 10.0 Å². The molecular weight excluding hydrogens is 362 g/mol. The topological polar surface area (TPSA) is 37.4 Å². The normalized spacial score (nSPS) is 11.8. The molecule has 0 radical (unpaired) electrons. The maximum atomic E-state index is 13.4. The second-order valence-corrected chi connectivity index (χ2v) is 9.89. The summed E-state index contributed by atoms with van der Waals surface area (Å²) >= 11 is -0.719. The molecule has 0 N–H and O–H groups in total. The van der Waals surface area contributed by atoms with Gasteiger partial charge in [-0.15, -0.1) is 0 Å². The van der Waals surface area contributed by atoms with Crippen molar-refractivity contribution in [1.29, 1.82) is 0 Å². The van der Waals surface area contributed by atoms with Crippen molar-refractivity contribution in [3.8, 4) is 0 Å². The lowest BCUT2D eigenvalue weighted by Crippen LogP contribution is -2.37. The van der Waals surface area contributed by atoms with Crippen molar-refractivity contribution >= 4 is 21.1 Å². The Morgan fingerprint density at radius 2 is 1.23 bits per heavy atom. The summed E-state index contributed by atoms with van der Waals surface area (Å²) in [6, 6.07) is 26.7. The van der Waals surface area contributed by atoms with Crippen LogP contribution >= 0.6 is 0 Å². The lowest BCUT2D eigenvalue weighted by atomic mass is 10.2. The number of aryl methyl sites for hydroxylation is 1. The number of rotatable bonds is 6. The van der Waals surface area contributed by atoms with Crippen LogP contribution < -0.4 is 0 Å². The van der Waals surface area contributed by atoms with E-state index in [4.69, 9.17) is 0 Å². The molecule has 3 aromatic rings. The number of hydrogen-bond donors (Lipinski definition) is 0. The number of hydrogen-bond acceptors (Lipinski definition) is 2. The highest BCUT2D eigenvalue weighted by Gasteiger charge is 2.42.